The Balaban J connectivity index is 2.96. The average molecular weight is 259 g/mol. The van der Waals surface area contributed by atoms with Crippen molar-refractivity contribution in [2.45, 2.75) is 31.3 Å². The fourth-order valence-electron chi connectivity index (χ4n) is 1.07. The first-order valence-electron chi connectivity index (χ1n) is 5.04. The SMILES string of the molecule is CCC(C)OS(=O)(=O)c1ccc([N+](=O)[O-])cc1. The molecule has 0 aliphatic heterocycles. The van der Waals surface area contributed by atoms with Crippen LogP contribution in [0.1, 0.15) is 20.3 Å². The Morgan fingerprint density at radius 1 is 1.35 bits per heavy atom. The highest BCUT2D eigenvalue weighted by atomic mass is 32.2. The van der Waals surface area contributed by atoms with Crippen molar-refractivity contribution < 1.29 is 17.5 Å². The third-order valence-corrected chi connectivity index (χ3v) is 3.63. The van der Waals surface area contributed by atoms with Crippen molar-refractivity contribution in [3.8, 4) is 0 Å². The van der Waals surface area contributed by atoms with E-state index in [0.717, 1.165) is 24.3 Å². The zero-order valence-corrected chi connectivity index (χ0v) is 10.3. The summed E-state index contributed by atoms with van der Waals surface area (Å²) in [6, 6.07) is 4.59. The Hall–Kier alpha value is -1.47. The van der Waals surface area contributed by atoms with Gasteiger partial charge in [0.2, 0.25) is 0 Å². The topological polar surface area (TPSA) is 86.5 Å². The summed E-state index contributed by atoms with van der Waals surface area (Å²) in [5, 5.41) is 10.4. The Kier molecular flexibility index (Phi) is 4.19. The minimum absolute atomic E-state index is 0.0802. The van der Waals surface area contributed by atoms with Crippen LogP contribution in [0.15, 0.2) is 29.2 Å². The van der Waals surface area contributed by atoms with Gasteiger partial charge >= 0.3 is 0 Å². The van der Waals surface area contributed by atoms with Crippen LogP contribution in [0.3, 0.4) is 0 Å². The van der Waals surface area contributed by atoms with Crippen molar-refractivity contribution in [3.63, 3.8) is 0 Å². The molecule has 1 unspecified atom stereocenters. The van der Waals surface area contributed by atoms with E-state index in [4.69, 9.17) is 4.18 Å². The summed E-state index contributed by atoms with van der Waals surface area (Å²) in [6.45, 7) is 3.44. The molecule has 17 heavy (non-hydrogen) atoms. The summed E-state index contributed by atoms with van der Waals surface area (Å²) in [7, 11) is -3.84. The molecule has 6 nitrogen and oxygen atoms in total. The van der Waals surface area contributed by atoms with Gasteiger partial charge in [-0.1, -0.05) is 6.92 Å². The summed E-state index contributed by atoms with van der Waals surface area (Å²) in [4.78, 5) is 9.74. The molecular weight excluding hydrogens is 246 g/mol. The van der Waals surface area contributed by atoms with E-state index in [-0.39, 0.29) is 10.6 Å². The lowest BCUT2D eigenvalue weighted by molar-refractivity contribution is -0.384. The van der Waals surface area contributed by atoms with Gasteiger partial charge in [-0.2, -0.15) is 8.42 Å². The van der Waals surface area contributed by atoms with Crippen LogP contribution in [0.2, 0.25) is 0 Å². The van der Waals surface area contributed by atoms with E-state index >= 15 is 0 Å². The van der Waals surface area contributed by atoms with Gasteiger partial charge in [-0.3, -0.25) is 14.3 Å². The zero-order valence-electron chi connectivity index (χ0n) is 9.49. The van der Waals surface area contributed by atoms with E-state index in [0.29, 0.717) is 6.42 Å². The van der Waals surface area contributed by atoms with E-state index < -0.39 is 21.1 Å². The second-order valence-corrected chi connectivity index (χ2v) is 5.09. The van der Waals surface area contributed by atoms with Crippen LogP contribution in [0.5, 0.6) is 0 Å². The number of benzene rings is 1. The van der Waals surface area contributed by atoms with Gasteiger partial charge in [0.15, 0.2) is 0 Å². The minimum atomic E-state index is -3.84. The normalized spacial score (nSPS) is 13.3. The average Bonchev–Trinajstić information content (AvgIpc) is 2.28. The van der Waals surface area contributed by atoms with Crippen LogP contribution < -0.4 is 0 Å². The van der Waals surface area contributed by atoms with E-state index in [1.165, 1.54) is 0 Å². The Morgan fingerprint density at radius 3 is 2.29 bits per heavy atom. The smallest absolute Gasteiger partial charge is 0.263 e. The fourth-order valence-corrected chi connectivity index (χ4v) is 2.22. The van der Waals surface area contributed by atoms with Gasteiger partial charge in [0.05, 0.1) is 15.9 Å². The van der Waals surface area contributed by atoms with Crippen LogP contribution >= 0.6 is 0 Å². The van der Waals surface area contributed by atoms with Crippen molar-refractivity contribution in [1.82, 2.24) is 0 Å². The summed E-state index contributed by atoms with van der Waals surface area (Å²) in [6.07, 6.45) is 0.141. The molecule has 0 aliphatic rings. The molecule has 7 heteroatoms. The van der Waals surface area contributed by atoms with Crippen LogP contribution in [0.25, 0.3) is 0 Å². The van der Waals surface area contributed by atoms with Gasteiger partial charge < -0.3 is 0 Å². The molecule has 0 N–H and O–H groups in total. The van der Waals surface area contributed by atoms with Gasteiger partial charge in [-0.25, -0.2) is 0 Å². The Bertz CT molecular complexity index is 494. The molecule has 1 rings (SSSR count). The molecule has 94 valence electrons. The molecule has 0 spiro atoms. The number of nitrogens with zero attached hydrogens (tertiary/aromatic N) is 1. The van der Waals surface area contributed by atoms with Crippen molar-refractivity contribution >= 4 is 15.8 Å². The van der Waals surface area contributed by atoms with Crippen LogP contribution in [-0.2, 0) is 14.3 Å². The van der Waals surface area contributed by atoms with E-state index in [2.05, 4.69) is 0 Å². The maximum atomic E-state index is 11.7. The largest absolute Gasteiger partial charge is 0.297 e. The molecule has 0 bridgehead atoms. The highest BCUT2D eigenvalue weighted by Crippen LogP contribution is 2.19. The number of nitro benzene ring substituents is 1. The predicted molar refractivity (Wildman–Crippen MR) is 61.1 cm³/mol. The van der Waals surface area contributed by atoms with E-state index in [1.807, 2.05) is 0 Å². The molecule has 0 aromatic heterocycles. The van der Waals surface area contributed by atoms with Gasteiger partial charge in [0.25, 0.3) is 15.8 Å². The van der Waals surface area contributed by atoms with Crippen LogP contribution in [-0.4, -0.2) is 19.4 Å². The van der Waals surface area contributed by atoms with Crippen molar-refractivity contribution in [1.29, 1.82) is 0 Å². The molecule has 1 atom stereocenters. The standard InChI is InChI=1S/C10H13NO5S/c1-3-8(2)16-17(14,15)10-6-4-9(5-7-10)11(12)13/h4-8H,3H2,1-2H3. The number of nitro groups is 1. The predicted octanol–water partition coefficient (Wildman–Crippen LogP) is 2.10. The van der Waals surface area contributed by atoms with Crippen LogP contribution in [0, 0.1) is 10.1 Å². The molecule has 1 aromatic rings. The number of hydrogen-bond acceptors (Lipinski definition) is 5. The molecule has 0 saturated heterocycles. The fraction of sp³-hybridized carbons (Fsp3) is 0.400. The third-order valence-electron chi connectivity index (χ3n) is 2.20. The minimum Gasteiger partial charge on any atom is -0.263 e. The maximum absolute atomic E-state index is 11.7. The maximum Gasteiger partial charge on any atom is 0.297 e. The van der Waals surface area contributed by atoms with Gasteiger partial charge in [-0.05, 0) is 25.5 Å². The monoisotopic (exact) mass is 259 g/mol. The molecule has 0 heterocycles. The number of non-ortho nitro benzene ring substituents is 1. The second-order valence-electron chi connectivity index (χ2n) is 3.52. The molecule has 0 radical (unpaired) electrons. The third kappa shape index (κ3) is 3.50. The van der Waals surface area contributed by atoms with Gasteiger partial charge in [-0.15, -0.1) is 0 Å². The van der Waals surface area contributed by atoms with Crippen molar-refractivity contribution in [3.05, 3.63) is 34.4 Å². The molecule has 0 saturated carbocycles. The first-order valence-corrected chi connectivity index (χ1v) is 6.45. The summed E-state index contributed by atoms with van der Waals surface area (Å²) in [5.74, 6) is 0. The Morgan fingerprint density at radius 2 is 1.88 bits per heavy atom. The van der Waals surface area contributed by atoms with Gasteiger partial charge in [0, 0.05) is 12.1 Å². The zero-order chi connectivity index (χ0) is 13.1. The first kappa shape index (κ1) is 13.6. The number of hydrogen-bond donors (Lipinski definition) is 0. The van der Waals surface area contributed by atoms with Crippen molar-refractivity contribution in [2.75, 3.05) is 0 Å². The molecule has 0 amide bonds. The quantitative estimate of drug-likeness (QED) is 0.459. The molecular formula is C10H13NO5S. The number of rotatable bonds is 5. The Labute approximate surface area is 99.5 Å². The second kappa shape index (κ2) is 5.24. The lowest BCUT2D eigenvalue weighted by atomic mass is 10.3. The van der Waals surface area contributed by atoms with Crippen molar-refractivity contribution in [2.24, 2.45) is 0 Å². The lowest BCUT2D eigenvalue weighted by Crippen LogP contribution is -2.14. The van der Waals surface area contributed by atoms with E-state index in [1.54, 1.807) is 13.8 Å². The summed E-state index contributed by atoms with van der Waals surface area (Å²) in [5.41, 5.74) is -0.160. The highest BCUT2D eigenvalue weighted by molar-refractivity contribution is 7.86. The van der Waals surface area contributed by atoms with E-state index in [9.17, 15) is 18.5 Å². The van der Waals surface area contributed by atoms with Crippen LogP contribution in [0.4, 0.5) is 5.69 Å². The van der Waals surface area contributed by atoms with Gasteiger partial charge in [0.1, 0.15) is 0 Å². The summed E-state index contributed by atoms with van der Waals surface area (Å²) >= 11 is 0. The molecule has 0 aliphatic carbocycles. The summed E-state index contributed by atoms with van der Waals surface area (Å²) < 4.78 is 28.3. The lowest BCUT2D eigenvalue weighted by Gasteiger charge is -2.10. The first-order chi connectivity index (χ1) is 7.86. The molecule has 0 fully saturated rings. The molecule has 1 aromatic carbocycles. The highest BCUT2D eigenvalue weighted by Gasteiger charge is 2.19.